The summed E-state index contributed by atoms with van der Waals surface area (Å²) in [5.41, 5.74) is 7.41. The van der Waals surface area contributed by atoms with Crippen molar-refractivity contribution in [3.63, 3.8) is 0 Å². The average Bonchev–Trinajstić information content (AvgIpc) is 2.80. The highest BCUT2D eigenvalue weighted by atomic mass is 35.5. The highest BCUT2D eigenvalue weighted by Gasteiger charge is 2.26. The minimum absolute atomic E-state index is 0.163. The Hall–Kier alpha value is -3.29. The van der Waals surface area contributed by atoms with E-state index in [0.29, 0.717) is 34.9 Å². The van der Waals surface area contributed by atoms with Crippen LogP contribution in [0, 0.1) is 11.2 Å². The summed E-state index contributed by atoms with van der Waals surface area (Å²) in [6.07, 6.45) is 3.08. The lowest BCUT2D eigenvalue weighted by atomic mass is 9.92. The second kappa shape index (κ2) is 10.6. The molecule has 0 unspecified atom stereocenters. The molecule has 3 aromatic rings. The van der Waals surface area contributed by atoms with Crippen molar-refractivity contribution in [3.8, 4) is 0 Å². The SMILES string of the molecule is CC(C)(CN)CN(Cc1cc(NC(=O)c2ccncc2)ccc1Cl)C(=O)c1cccc(F)c1. The van der Waals surface area contributed by atoms with Crippen LogP contribution in [0.4, 0.5) is 10.1 Å². The van der Waals surface area contributed by atoms with Gasteiger partial charge in [-0.1, -0.05) is 31.5 Å². The van der Waals surface area contributed by atoms with Gasteiger partial charge in [-0.15, -0.1) is 0 Å². The van der Waals surface area contributed by atoms with E-state index in [2.05, 4.69) is 10.3 Å². The van der Waals surface area contributed by atoms with E-state index in [4.69, 9.17) is 17.3 Å². The summed E-state index contributed by atoms with van der Waals surface area (Å²) in [7, 11) is 0. The number of aromatic nitrogens is 1. The first-order chi connectivity index (χ1) is 15.7. The average molecular weight is 469 g/mol. The fourth-order valence-electron chi connectivity index (χ4n) is 3.27. The number of carbonyl (C=O) groups is 2. The lowest BCUT2D eigenvalue weighted by Gasteiger charge is -2.32. The lowest BCUT2D eigenvalue weighted by molar-refractivity contribution is 0.0672. The Morgan fingerprint density at radius 1 is 1.09 bits per heavy atom. The van der Waals surface area contributed by atoms with Gasteiger partial charge in [0.1, 0.15) is 5.82 Å². The Labute approximate surface area is 197 Å². The third kappa shape index (κ3) is 6.60. The van der Waals surface area contributed by atoms with Crippen molar-refractivity contribution in [1.29, 1.82) is 0 Å². The summed E-state index contributed by atoms with van der Waals surface area (Å²) in [6, 6.07) is 13.9. The van der Waals surface area contributed by atoms with Crippen LogP contribution in [0.1, 0.15) is 40.1 Å². The number of benzene rings is 2. The molecule has 0 bridgehead atoms. The van der Waals surface area contributed by atoms with E-state index in [1.165, 1.54) is 30.6 Å². The number of carbonyl (C=O) groups excluding carboxylic acids is 2. The molecule has 8 heteroatoms. The number of anilines is 1. The van der Waals surface area contributed by atoms with Crippen LogP contribution in [0.5, 0.6) is 0 Å². The van der Waals surface area contributed by atoms with Gasteiger partial charge in [-0.2, -0.15) is 0 Å². The van der Waals surface area contributed by atoms with E-state index < -0.39 is 5.82 Å². The Balaban J connectivity index is 1.87. The molecule has 33 heavy (non-hydrogen) atoms. The topological polar surface area (TPSA) is 88.3 Å². The van der Waals surface area contributed by atoms with Crippen LogP contribution in [0.2, 0.25) is 5.02 Å². The maximum atomic E-state index is 13.7. The maximum absolute atomic E-state index is 13.7. The van der Waals surface area contributed by atoms with E-state index in [1.807, 2.05) is 13.8 Å². The van der Waals surface area contributed by atoms with Crippen molar-refractivity contribution in [1.82, 2.24) is 9.88 Å². The van der Waals surface area contributed by atoms with Crippen molar-refractivity contribution >= 4 is 29.1 Å². The van der Waals surface area contributed by atoms with Crippen molar-refractivity contribution in [2.75, 3.05) is 18.4 Å². The molecule has 3 rings (SSSR count). The molecule has 2 amide bonds. The minimum Gasteiger partial charge on any atom is -0.334 e. The van der Waals surface area contributed by atoms with Gasteiger partial charge in [0.15, 0.2) is 0 Å². The van der Waals surface area contributed by atoms with Crippen LogP contribution in [0.15, 0.2) is 67.0 Å². The van der Waals surface area contributed by atoms with Crippen LogP contribution in [-0.4, -0.2) is 34.8 Å². The maximum Gasteiger partial charge on any atom is 0.255 e. The molecule has 0 aliphatic carbocycles. The lowest BCUT2D eigenvalue weighted by Crippen LogP contribution is -2.41. The molecule has 6 nitrogen and oxygen atoms in total. The summed E-state index contributed by atoms with van der Waals surface area (Å²) >= 11 is 6.43. The van der Waals surface area contributed by atoms with Gasteiger partial charge in [-0.25, -0.2) is 4.39 Å². The Morgan fingerprint density at radius 2 is 1.82 bits per heavy atom. The standard InChI is InChI=1S/C25H26ClFN4O2/c1-25(2,15-28)16-31(24(33)18-4-3-5-20(27)12-18)14-19-13-21(6-7-22(19)26)30-23(32)17-8-10-29-11-9-17/h3-13H,14-16,28H2,1-2H3,(H,30,32). The zero-order valence-electron chi connectivity index (χ0n) is 18.5. The summed E-state index contributed by atoms with van der Waals surface area (Å²) in [6.45, 7) is 4.76. The molecule has 0 fully saturated rings. The quantitative estimate of drug-likeness (QED) is 0.499. The third-order valence-electron chi connectivity index (χ3n) is 5.14. The molecule has 0 radical (unpaired) electrons. The third-order valence-corrected chi connectivity index (χ3v) is 5.51. The van der Waals surface area contributed by atoms with Gasteiger partial charge >= 0.3 is 0 Å². The van der Waals surface area contributed by atoms with Crippen LogP contribution in [-0.2, 0) is 6.54 Å². The molecular weight excluding hydrogens is 443 g/mol. The van der Waals surface area contributed by atoms with Gasteiger partial charge in [0, 0.05) is 47.3 Å². The van der Waals surface area contributed by atoms with Gasteiger partial charge in [-0.3, -0.25) is 14.6 Å². The van der Waals surface area contributed by atoms with E-state index in [0.717, 1.165) is 0 Å². The number of halogens is 2. The van der Waals surface area contributed by atoms with E-state index in [-0.39, 0.29) is 29.3 Å². The normalized spacial score (nSPS) is 11.2. The number of nitrogens with two attached hydrogens (primary N) is 1. The Kier molecular flexibility index (Phi) is 7.79. The molecule has 2 aromatic carbocycles. The minimum atomic E-state index is -0.488. The first-order valence-electron chi connectivity index (χ1n) is 10.4. The highest BCUT2D eigenvalue weighted by Crippen LogP contribution is 2.26. The molecule has 0 saturated carbocycles. The summed E-state index contributed by atoms with van der Waals surface area (Å²) < 4.78 is 13.7. The fourth-order valence-corrected chi connectivity index (χ4v) is 3.45. The molecule has 1 aromatic heterocycles. The molecule has 3 N–H and O–H groups in total. The zero-order chi connectivity index (χ0) is 24.0. The smallest absolute Gasteiger partial charge is 0.255 e. The number of hydrogen-bond donors (Lipinski definition) is 2. The van der Waals surface area contributed by atoms with Crippen LogP contribution >= 0.6 is 11.6 Å². The largest absolute Gasteiger partial charge is 0.334 e. The predicted octanol–water partition coefficient (Wildman–Crippen LogP) is 4.75. The van der Waals surface area contributed by atoms with E-state index in [9.17, 15) is 14.0 Å². The van der Waals surface area contributed by atoms with Crippen LogP contribution in [0.3, 0.4) is 0 Å². The highest BCUT2D eigenvalue weighted by molar-refractivity contribution is 6.31. The Bertz CT molecular complexity index is 1140. The van der Waals surface area contributed by atoms with Crippen molar-refractivity contribution < 1.29 is 14.0 Å². The second-order valence-corrected chi connectivity index (χ2v) is 8.94. The van der Waals surface area contributed by atoms with E-state index >= 15 is 0 Å². The molecule has 0 aliphatic rings. The van der Waals surface area contributed by atoms with Gasteiger partial charge in [0.05, 0.1) is 0 Å². The number of hydrogen-bond acceptors (Lipinski definition) is 4. The van der Waals surface area contributed by atoms with Crippen molar-refractivity contribution in [2.45, 2.75) is 20.4 Å². The van der Waals surface area contributed by atoms with E-state index in [1.54, 1.807) is 41.3 Å². The zero-order valence-corrected chi connectivity index (χ0v) is 19.3. The monoisotopic (exact) mass is 468 g/mol. The van der Waals surface area contributed by atoms with Gasteiger partial charge in [0.25, 0.3) is 11.8 Å². The first kappa shape index (κ1) is 24.4. The molecule has 172 valence electrons. The Morgan fingerprint density at radius 3 is 2.48 bits per heavy atom. The number of rotatable bonds is 8. The first-order valence-corrected chi connectivity index (χ1v) is 10.8. The van der Waals surface area contributed by atoms with Gasteiger partial charge in [0.2, 0.25) is 0 Å². The summed E-state index contributed by atoms with van der Waals surface area (Å²) in [4.78, 5) is 31.3. The summed E-state index contributed by atoms with van der Waals surface area (Å²) in [5, 5.41) is 3.27. The molecule has 1 heterocycles. The molecule has 0 saturated heterocycles. The number of nitrogens with one attached hydrogen (secondary N) is 1. The molecular formula is C25H26ClFN4O2. The van der Waals surface area contributed by atoms with Crippen LogP contribution in [0.25, 0.3) is 0 Å². The number of nitrogens with zero attached hydrogens (tertiary/aromatic N) is 2. The molecule has 0 atom stereocenters. The van der Waals surface area contributed by atoms with Crippen molar-refractivity contribution in [2.24, 2.45) is 11.1 Å². The fraction of sp³-hybridized carbons (Fsp3) is 0.240. The summed E-state index contributed by atoms with van der Waals surface area (Å²) in [5.74, 6) is -1.11. The number of amides is 2. The number of pyridine rings is 1. The molecule has 0 aliphatic heterocycles. The molecule has 0 spiro atoms. The van der Waals surface area contributed by atoms with Gasteiger partial charge in [-0.05, 0) is 66.1 Å². The second-order valence-electron chi connectivity index (χ2n) is 8.54. The van der Waals surface area contributed by atoms with Crippen LogP contribution < -0.4 is 11.1 Å². The van der Waals surface area contributed by atoms with Crippen molar-refractivity contribution in [3.05, 3.63) is 94.5 Å². The van der Waals surface area contributed by atoms with Gasteiger partial charge < -0.3 is 16.0 Å². The predicted molar refractivity (Wildman–Crippen MR) is 128 cm³/mol.